The van der Waals surface area contributed by atoms with E-state index in [2.05, 4.69) is 47.4 Å². The number of hydrogen-bond donors (Lipinski definition) is 0. The first-order valence-corrected chi connectivity index (χ1v) is 8.75. The van der Waals surface area contributed by atoms with E-state index in [4.69, 9.17) is 4.42 Å². The molecular formula is C21H22N2O2. The van der Waals surface area contributed by atoms with Crippen LogP contribution in [0.15, 0.2) is 59.2 Å². The second kappa shape index (κ2) is 6.73. The molecule has 0 spiro atoms. The van der Waals surface area contributed by atoms with Gasteiger partial charge in [-0.05, 0) is 29.3 Å². The standard InChI is InChI=1S/C21H22N2O2/c1-16-9-14-25-20(16)21(24)23-12-10-22(11-13-23)15-18-7-4-6-17-5-2-3-8-19(17)18/h2-9,14H,10-13,15H2,1H3. The summed E-state index contributed by atoms with van der Waals surface area (Å²) < 4.78 is 5.35. The molecular weight excluding hydrogens is 312 g/mol. The molecule has 2 heterocycles. The molecule has 0 bridgehead atoms. The van der Waals surface area contributed by atoms with Crippen LogP contribution in [-0.4, -0.2) is 41.9 Å². The number of carbonyl (C=O) groups is 1. The zero-order valence-electron chi connectivity index (χ0n) is 14.4. The predicted molar refractivity (Wildman–Crippen MR) is 98.6 cm³/mol. The normalized spacial score (nSPS) is 15.6. The lowest BCUT2D eigenvalue weighted by Gasteiger charge is -2.34. The molecule has 0 saturated carbocycles. The molecule has 4 nitrogen and oxygen atoms in total. The highest BCUT2D eigenvalue weighted by atomic mass is 16.3. The maximum Gasteiger partial charge on any atom is 0.289 e. The lowest BCUT2D eigenvalue weighted by atomic mass is 10.0. The number of nitrogens with zero attached hydrogens (tertiary/aromatic N) is 2. The van der Waals surface area contributed by atoms with Crippen molar-refractivity contribution in [3.63, 3.8) is 0 Å². The van der Waals surface area contributed by atoms with Crippen LogP contribution in [0.1, 0.15) is 21.7 Å². The van der Waals surface area contributed by atoms with Gasteiger partial charge in [0.2, 0.25) is 0 Å². The van der Waals surface area contributed by atoms with E-state index in [0.717, 1.165) is 38.3 Å². The van der Waals surface area contributed by atoms with Crippen LogP contribution in [0.2, 0.25) is 0 Å². The van der Waals surface area contributed by atoms with Crippen molar-refractivity contribution in [2.75, 3.05) is 26.2 Å². The lowest BCUT2D eigenvalue weighted by molar-refractivity contribution is 0.0597. The van der Waals surface area contributed by atoms with Gasteiger partial charge in [-0.1, -0.05) is 42.5 Å². The predicted octanol–water partition coefficient (Wildman–Crippen LogP) is 3.70. The highest BCUT2D eigenvalue weighted by Crippen LogP contribution is 2.21. The summed E-state index contributed by atoms with van der Waals surface area (Å²) in [5.74, 6) is 0.481. The minimum absolute atomic E-state index is 0.00677. The van der Waals surface area contributed by atoms with Gasteiger partial charge in [-0.15, -0.1) is 0 Å². The van der Waals surface area contributed by atoms with E-state index in [1.165, 1.54) is 16.3 Å². The first-order chi connectivity index (χ1) is 12.2. The van der Waals surface area contributed by atoms with E-state index in [9.17, 15) is 4.79 Å². The first-order valence-electron chi connectivity index (χ1n) is 8.75. The van der Waals surface area contributed by atoms with Crippen molar-refractivity contribution in [3.05, 3.63) is 71.7 Å². The zero-order chi connectivity index (χ0) is 17.2. The topological polar surface area (TPSA) is 36.7 Å². The van der Waals surface area contributed by atoms with Crippen LogP contribution >= 0.6 is 0 Å². The van der Waals surface area contributed by atoms with Crippen LogP contribution in [0, 0.1) is 6.92 Å². The Hall–Kier alpha value is -2.59. The van der Waals surface area contributed by atoms with Crippen LogP contribution in [-0.2, 0) is 6.54 Å². The Morgan fingerprint density at radius 2 is 1.76 bits per heavy atom. The molecule has 1 saturated heterocycles. The Balaban J connectivity index is 1.42. The smallest absolute Gasteiger partial charge is 0.289 e. The first kappa shape index (κ1) is 15.9. The van der Waals surface area contributed by atoms with E-state index in [1.807, 2.05) is 17.9 Å². The molecule has 2 aromatic carbocycles. The number of fused-ring (bicyclic) bond motifs is 1. The fourth-order valence-electron chi connectivity index (χ4n) is 3.52. The summed E-state index contributed by atoms with van der Waals surface area (Å²) in [5, 5.41) is 2.59. The Morgan fingerprint density at radius 1 is 1.00 bits per heavy atom. The summed E-state index contributed by atoms with van der Waals surface area (Å²) >= 11 is 0. The largest absolute Gasteiger partial charge is 0.459 e. The summed E-state index contributed by atoms with van der Waals surface area (Å²) in [5.41, 5.74) is 2.25. The molecule has 4 rings (SSSR count). The van der Waals surface area contributed by atoms with Crippen molar-refractivity contribution < 1.29 is 9.21 Å². The number of piperazine rings is 1. The summed E-state index contributed by atoms with van der Waals surface area (Å²) in [4.78, 5) is 16.8. The summed E-state index contributed by atoms with van der Waals surface area (Å²) in [6.45, 7) is 6.08. The van der Waals surface area contributed by atoms with Crippen LogP contribution in [0.5, 0.6) is 0 Å². The van der Waals surface area contributed by atoms with E-state index in [1.54, 1.807) is 6.26 Å². The molecule has 0 atom stereocenters. The SMILES string of the molecule is Cc1ccoc1C(=O)N1CCN(Cc2cccc3ccccc23)CC1. The fraction of sp³-hybridized carbons (Fsp3) is 0.286. The van der Waals surface area contributed by atoms with Gasteiger partial charge >= 0.3 is 0 Å². The molecule has 1 aliphatic heterocycles. The Morgan fingerprint density at radius 3 is 2.52 bits per heavy atom. The van der Waals surface area contributed by atoms with Crippen LogP contribution in [0.25, 0.3) is 10.8 Å². The maximum atomic E-state index is 12.5. The average molecular weight is 334 g/mol. The highest BCUT2D eigenvalue weighted by Gasteiger charge is 2.25. The van der Waals surface area contributed by atoms with Crippen LogP contribution in [0.3, 0.4) is 0 Å². The minimum Gasteiger partial charge on any atom is -0.459 e. The molecule has 1 fully saturated rings. The second-order valence-electron chi connectivity index (χ2n) is 6.64. The number of rotatable bonds is 3. The molecule has 25 heavy (non-hydrogen) atoms. The summed E-state index contributed by atoms with van der Waals surface area (Å²) in [6.07, 6.45) is 1.58. The Labute approximate surface area is 147 Å². The van der Waals surface area contributed by atoms with Gasteiger partial charge < -0.3 is 9.32 Å². The van der Waals surface area contributed by atoms with Crippen LogP contribution < -0.4 is 0 Å². The van der Waals surface area contributed by atoms with Gasteiger partial charge in [-0.25, -0.2) is 0 Å². The van der Waals surface area contributed by atoms with Crippen molar-refractivity contribution in [1.82, 2.24) is 9.80 Å². The Bertz CT molecular complexity index is 886. The average Bonchev–Trinajstić information content (AvgIpc) is 3.08. The van der Waals surface area contributed by atoms with Crippen molar-refractivity contribution in [2.45, 2.75) is 13.5 Å². The van der Waals surface area contributed by atoms with E-state index >= 15 is 0 Å². The van der Waals surface area contributed by atoms with Gasteiger partial charge in [-0.3, -0.25) is 9.69 Å². The maximum absolute atomic E-state index is 12.5. The van der Waals surface area contributed by atoms with Gasteiger partial charge in [0.15, 0.2) is 5.76 Å². The fourth-order valence-corrected chi connectivity index (χ4v) is 3.52. The molecule has 1 amide bonds. The van der Waals surface area contributed by atoms with Crippen molar-refractivity contribution in [3.8, 4) is 0 Å². The highest BCUT2D eigenvalue weighted by molar-refractivity contribution is 5.93. The van der Waals surface area contributed by atoms with Gasteiger partial charge in [0.05, 0.1) is 6.26 Å². The molecule has 4 heteroatoms. The molecule has 128 valence electrons. The number of carbonyl (C=O) groups excluding carboxylic acids is 1. The van der Waals surface area contributed by atoms with E-state index in [0.29, 0.717) is 5.76 Å². The summed E-state index contributed by atoms with van der Waals surface area (Å²) in [6, 6.07) is 16.8. The number of amides is 1. The number of hydrogen-bond acceptors (Lipinski definition) is 3. The van der Waals surface area contributed by atoms with Crippen molar-refractivity contribution >= 4 is 16.7 Å². The van der Waals surface area contributed by atoms with E-state index in [-0.39, 0.29) is 5.91 Å². The minimum atomic E-state index is 0.00677. The third-order valence-corrected chi connectivity index (χ3v) is 4.99. The van der Waals surface area contributed by atoms with Gasteiger partial charge in [0.1, 0.15) is 0 Å². The number of furan rings is 1. The number of aryl methyl sites for hydroxylation is 1. The Kier molecular flexibility index (Phi) is 4.28. The van der Waals surface area contributed by atoms with Gasteiger partial charge in [0.25, 0.3) is 5.91 Å². The lowest BCUT2D eigenvalue weighted by Crippen LogP contribution is -2.48. The van der Waals surface area contributed by atoms with Gasteiger partial charge in [-0.2, -0.15) is 0 Å². The van der Waals surface area contributed by atoms with Crippen molar-refractivity contribution in [2.24, 2.45) is 0 Å². The second-order valence-corrected chi connectivity index (χ2v) is 6.64. The third-order valence-electron chi connectivity index (χ3n) is 4.99. The quantitative estimate of drug-likeness (QED) is 0.733. The zero-order valence-corrected chi connectivity index (χ0v) is 14.4. The van der Waals surface area contributed by atoms with Crippen LogP contribution in [0.4, 0.5) is 0 Å². The molecule has 1 aromatic heterocycles. The molecule has 3 aromatic rings. The molecule has 0 unspecified atom stereocenters. The third kappa shape index (κ3) is 3.17. The molecule has 1 aliphatic rings. The van der Waals surface area contributed by atoms with Gasteiger partial charge in [0, 0.05) is 38.3 Å². The number of benzene rings is 2. The van der Waals surface area contributed by atoms with E-state index < -0.39 is 0 Å². The molecule has 0 radical (unpaired) electrons. The molecule has 0 aliphatic carbocycles. The van der Waals surface area contributed by atoms with Crippen molar-refractivity contribution in [1.29, 1.82) is 0 Å². The monoisotopic (exact) mass is 334 g/mol. The summed E-state index contributed by atoms with van der Waals surface area (Å²) in [7, 11) is 0. The molecule has 0 N–H and O–H groups in total.